The maximum atomic E-state index is 11.9. The summed E-state index contributed by atoms with van der Waals surface area (Å²) < 4.78 is 1.74. The third-order valence-electron chi connectivity index (χ3n) is 3.16. The molecule has 17 heavy (non-hydrogen) atoms. The molecule has 6 nitrogen and oxygen atoms in total. The Hall–Kier alpha value is -2.11. The predicted octanol–water partition coefficient (Wildman–Crippen LogP) is 0.133. The molecule has 3 rings (SSSR count). The van der Waals surface area contributed by atoms with Gasteiger partial charge in [0, 0.05) is 17.3 Å². The molecule has 1 aliphatic rings. The largest absolute Gasteiger partial charge is 0.383 e. The lowest BCUT2D eigenvalue weighted by atomic mass is 9.97. The number of hydrogen-bond acceptors (Lipinski definition) is 5. The van der Waals surface area contributed by atoms with Gasteiger partial charge < -0.3 is 11.5 Å². The zero-order chi connectivity index (χ0) is 12.0. The maximum absolute atomic E-state index is 11.9. The van der Waals surface area contributed by atoms with Crippen molar-refractivity contribution >= 4 is 17.4 Å². The summed E-state index contributed by atoms with van der Waals surface area (Å²) in [6.07, 6.45) is 3.69. The Labute approximate surface area is 97.3 Å². The molecule has 4 N–H and O–H groups in total. The normalized spacial score (nSPS) is 14.8. The van der Waals surface area contributed by atoms with E-state index in [2.05, 4.69) is 9.97 Å². The van der Waals surface area contributed by atoms with Crippen LogP contribution in [0.15, 0.2) is 10.9 Å². The van der Waals surface area contributed by atoms with Gasteiger partial charge in [-0.2, -0.15) is 9.97 Å². The molecule has 0 saturated carbocycles. The minimum atomic E-state index is -0.162. The molecule has 0 bridgehead atoms. The summed E-state index contributed by atoms with van der Waals surface area (Å²) in [5.41, 5.74) is 13.5. The van der Waals surface area contributed by atoms with Gasteiger partial charge in [-0.05, 0) is 25.7 Å². The fraction of sp³-hybridized carbons (Fsp3) is 0.364. The van der Waals surface area contributed by atoms with Crippen molar-refractivity contribution in [2.75, 3.05) is 11.5 Å². The van der Waals surface area contributed by atoms with E-state index >= 15 is 0 Å². The van der Waals surface area contributed by atoms with Crippen LogP contribution in [0.1, 0.15) is 24.1 Å². The number of nitrogen functional groups attached to an aromatic ring is 2. The molecule has 0 aromatic carbocycles. The first kappa shape index (κ1) is 10.1. The van der Waals surface area contributed by atoms with Crippen LogP contribution in [0.4, 0.5) is 11.8 Å². The lowest BCUT2D eigenvalue weighted by Crippen LogP contribution is -2.24. The Balaban J connectivity index is 2.47. The highest BCUT2D eigenvalue weighted by atomic mass is 16.1. The minimum absolute atomic E-state index is 0.162. The van der Waals surface area contributed by atoms with Crippen molar-refractivity contribution in [2.24, 2.45) is 0 Å². The average Bonchev–Trinajstić information content (AvgIpc) is 2.28. The second kappa shape index (κ2) is 3.44. The molecule has 0 saturated heterocycles. The van der Waals surface area contributed by atoms with Gasteiger partial charge in [0.1, 0.15) is 11.5 Å². The van der Waals surface area contributed by atoms with Gasteiger partial charge in [0.15, 0.2) is 0 Å². The van der Waals surface area contributed by atoms with E-state index in [9.17, 15) is 4.79 Å². The number of hydrogen-bond donors (Lipinski definition) is 2. The minimum Gasteiger partial charge on any atom is -0.383 e. The van der Waals surface area contributed by atoms with Crippen LogP contribution in [-0.2, 0) is 12.8 Å². The molecule has 0 atom stereocenters. The summed E-state index contributed by atoms with van der Waals surface area (Å²) in [4.78, 5) is 19.9. The van der Waals surface area contributed by atoms with Crippen molar-refractivity contribution in [2.45, 2.75) is 25.7 Å². The standard InChI is InChI=1S/C11H13N5O/c12-8-5-9-15-10(17)6-3-1-2-4-7(6)16(9)11(13)14-8/h5H,1-4,12H2,(H2,13,14). The number of aryl methyl sites for hydroxylation is 1. The van der Waals surface area contributed by atoms with Gasteiger partial charge in [-0.15, -0.1) is 0 Å². The van der Waals surface area contributed by atoms with E-state index in [1.165, 1.54) is 0 Å². The van der Waals surface area contributed by atoms with Crippen molar-refractivity contribution in [1.82, 2.24) is 14.4 Å². The second-order valence-electron chi connectivity index (χ2n) is 4.28. The average molecular weight is 231 g/mol. The van der Waals surface area contributed by atoms with E-state index in [1.54, 1.807) is 10.5 Å². The van der Waals surface area contributed by atoms with Gasteiger partial charge in [0.2, 0.25) is 5.95 Å². The first-order chi connectivity index (χ1) is 8.16. The lowest BCUT2D eigenvalue weighted by molar-refractivity contribution is 0.649. The van der Waals surface area contributed by atoms with Crippen LogP contribution in [0, 0.1) is 0 Å². The Kier molecular flexibility index (Phi) is 2.04. The molecule has 1 aliphatic carbocycles. The van der Waals surface area contributed by atoms with Crippen LogP contribution in [0.25, 0.3) is 5.65 Å². The molecule has 0 fully saturated rings. The van der Waals surface area contributed by atoms with Crippen LogP contribution in [0.2, 0.25) is 0 Å². The second-order valence-corrected chi connectivity index (χ2v) is 4.28. The number of nitrogens with two attached hydrogens (primary N) is 2. The van der Waals surface area contributed by atoms with Gasteiger partial charge in [0.25, 0.3) is 5.56 Å². The Bertz CT molecular complexity index is 661. The molecule has 0 aliphatic heterocycles. The summed E-state index contributed by atoms with van der Waals surface area (Å²) in [7, 11) is 0. The van der Waals surface area contributed by atoms with Crippen molar-refractivity contribution in [3.8, 4) is 0 Å². The third kappa shape index (κ3) is 1.44. The van der Waals surface area contributed by atoms with Crippen LogP contribution in [0.5, 0.6) is 0 Å². The molecule has 2 aromatic rings. The van der Waals surface area contributed by atoms with E-state index in [4.69, 9.17) is 11.5 Å². The van der Waals surface area contributed by atoms with E-state index in [1.807, 2.05) is 0 Å². The zero-order valence-electron chi connectivity index (χ0n) is 9.31. The molecule has 88 valence electrons. The molecular formula is C11H13N5O. The molecule has 0 spiro atoms. The Morgan fingerprint density at radius 2 is 1.94 bits per heavy atom. The Morgan fingerprint density at radius 1 is 1.18 bits per heavy atom. The molecule has 2 aromatic heterocycles. The van der Waals surface area contributed by atoms with Gasteiger partial charge in [0.05, 0.1) is 0 Å². The molecular weight excluding hydrogens is 218 g/mol. The highest BCUT2D eigenvalue weighted by molar-refractivity contribution is 5.54. The van der Waals surface area contributed by atoms with E-state index in [0.717, 1.165) is 36.9 Å². The predicted molar refractivity (Wildman–Crippen MR) is 64.7 cm³/mol. The maximum Gasteiger partial charge on any atom is 0.276 e. The third-order valence-corrected chi connectivity index (χ3v) is 3.16. The van der Waals surface area contributed by atoms with Crippen LogP contribution >= 0.6 is 0 Å². The highest BCUT2D eigenvalue weighted by Gasteiger charge is 2.18. The summed E-state index contributed by atoms with van der Waals surface area (Å²) in [5, 5.41) is 0. The summed E-state index contributed by atoms with van der Waals surface area (Å²) in [6, 6.07) is 1.58. The van der Waals surface area contributed by atoms with Crippen molar-refractivity contribution < 1.29 is 0 Å². The first-order valence-corrected chi connectivity index (χ1v) is 5.63. The number of fused-ring (bicyclic) bond motifs is 3. The monoisotopic (exact) mass is 231 g/mol. The van der Waals surface area contributed by atoms with Gasteiger partial charge >= 0.3 is 0 Å². The number of anilines is 2. The topological polar surface area (TPSA) is 99.3 Å². The lowest BCUT2D eigenvalue weighted by Gasteiger charge is -2.18. The summed E-state index contributed by atoms with van der Waals surface area (Å²) in [6.45, 7) is 0. The Morgan fingerprint density at radius 3 is 2.76 bits per heavy atom. The van der Waals surface area contributed by atoms with Crippen molar-refractivity contribution in [3.63, 3.8) is 0 Å². The van der Waals surface area contributed by atoms with Gasteiger partial charge in [-0.1, -0.05) is 0 Å². The van der Waals surface area contributed by atoms with E-state index in [-0.39, 0.29) is 11.4 Å². The van der Waals surface area contributed by atoms with Crippen molar-refractivity contribution in [1.29, 1.82) is 0 Å². The van der Waals surface area contributed by atoms with Gasteiger partial charge in [-0.25, -0.2) is 0 Å². The molecule has 2 heterocycles. The van der Waals surface area contributed by atoms with Crippen LogP contribution in [-0.4, -0.2) is 14.4 Å². The molecule has 0 amide bonds. The van der Waals surface area contributed by atoms with Crippen LogP contribution in [0.3, 0.4) is 0 Å². The van der Waals surface area contributed by atoms with E-state index < -0.39 is 0 Å². The van der Waals surface area contributed by atoms with Crippen LogP contribution < -0.4 is 17.0 Å². The zero-order valence-corrected chi connectivity index (χ0v) is 9.31. The number of rotatable bonds is 0. The van der Waals surface area contributed by atoms with E-state index in [0.29, 0.717) is 11.6 Å². The molecule has 0 unspecified atom stereocenters. The fourth-order valence-corrected chi connectivity index (χ4v) is 2.43. The van der Waals surface area contributed by atoms with Crippen molar-refractivity contribution in [3.05, 3.63) is 27.7 Å². The number of nitrogens with zero attached hydrogens (tertiary/aromatic N) is 3. The number of aromatic nitrogens is 3. The SMILES string of the molecule is Nc1cc2nc(=O)c3c(n2c(N)n1)CCCC3. The highest BCUT2D eigenvalue weighted by Crippen LogP contribution is 2.21. The first-order valence-electron chi connectivity index (χ1n) is 5.63. The molecule has 0 radical (unpaired) electrons. The molecule has 6 heteroatoms. The summed E-state index contributed by atoms with van der Waals surface area (Å²) in [5.74, 6) is 0.579. The quantitative estimate of drug-likeness (QED) is 0.671. The fourth-order valence-electron chi connectivity index (χ4n) is 2.43. The van der Waals surface area contributed by atoms with Gasteiger partial charge in [-0.3, -0.25) is 9.20 Å². The smallest absolute Gasteiger partial charge is 0.276 e. The summed E-state index contributed by atoms with van der Waals surface area (Å²) >= 11 is 0.